The third kappa shape index (κ3) is 5.97. The zero-order chi connectivity index (χ0) is 26.3. The van der Waals surface area contributed by atoms with E-state index in [9.17, 15) is 4.79 Å². The lowest BCUT2D eigenvalue weighted by atomic mass is 10.1. The minimum Gasteiger partial charge on any atom is -0.489 e. The van der Waals surface area contributed by atoms with E-state index < -0.39 is 0 Å². The number of hydrogen-bond acceptors (Lipinski definition) is 4. The van der Waals surface area contributed by atoms with Crippen LogP contribution in [-0.2, 0) is 30.8 Å². The number of aromatic nitrogens is 2. The molecule has 1 aromatic heterocycles. The fourth-order valence-electron chi connectivity index (χ4n) is 4.61. The summed E-state index contributed by atoms with van der Waals surface area (Å²) >= 11 is 3.59. The van der Waals surface area contributed by atoms with Crippen LogP contribution in [0.3, 0.4) is 0 Å². The highest BCUT2D eigenvalue weighted by atomic mass is 79.9. The summed E-state index contributed by atoms with van der Waals surface area (Å²) in [7, 11) is 0. The summed E-state index contributed by atoms with van der Waals surface area (Å²) in [5.41, 5.74) is 6.48. The number of fused-ring (bicyclic) bond motifs is 1. The van der Waals surface area contributed by atoms with Gasteiger partial charge in [0.2, 0.25) is 0 Å². The second-order valence-electron chi connectivity index (χ2n) is 9.08. The standard InChI is InChI=1S/C32H29BrN2O3/c1-2-25-18-24(12-15-31(25)37-17-16-36)22-38-30-11-7-6-10-26(30)21-35-29-14-13-27(33)20-28(29)34-32(35)19-23-8-4-3-5-9-23/h3-16,18,20H,2,17,19,21-22H2,1H3. The SMILES string of the molecule is CCc1cc(COc2ccccc2Cn2c(Cc3ccccc3)nc3cc(Br)ccc32)ccc1OCC=O. The number of hydrogen-bond donors (Lipinski definition) is 0. The van der Waals surface area contributed by atoms with Crippen molar-refractivity contribution in [3.05, 3.63) is 124 Å². The number of imidazole rings is 1. The Kier molecular flexibility index (Phi) is 8.19. The zero-order valence-electron chi connectivity index (χ0n) is 21.3. The summed E-state index contributed by atoms with van der Waals surface area (Å²) in [6, 6.07) is 30.8. The van der Waals surface area contributed by atoms with Crippen molar-refractivity contribution in [2.45, 2.75) is 32.9 Å². The summed E-state index contributed by atoms with van der Waals surface area (Å²) in [5, 5.41) is 0. The minimum absolute atomic E-state index is 0.0579. The van der Waals surface area contributed by atoms with Crippen molar-refractivity contribution in [1.82, 2.24) is 9.55 Å². The lowest BCUT2D eigenvalue weighted by molar-refractivity contribution is -0.109. The molecule has 4 aromatic carbocycles. The van der Waals surface area contributed by atoms with E-state index in [0.717, 1.165) is 68.6 Å². The highest BCUT2D eigenvalue weighted by Gasteiger charge is 2.15. The van der Waals surface area contributed by atoms with Gasteiger partial charge in [-0.2, -0.15) is 0 Å². The quantitative estimate of drug-likeness (QED) is 0.159. The monoisotopic (exact) mass is 568 g/mol. The molecule has 6 heteroatoms. The number of aryl methyl sites for hydroxylation is 1. The van der Waals surface area contributed by atoms with Crippen molar-refractivity contribution >= 4 is 33.2 Å². The Morgan fingerprint density at radius 2 is 1.63 bits per heavy atom. The van der Waals surface area contributed by atoms with Crippen molar-refractivity contribution < 1.29 is 14.3 Å². The third-order valence-electron chi connectivity index (χ3n) is 6.50. The topological polar surface area (TPSA) is 53.4 Å². The number of carbonyl (C=O) groups is 1. The Hall–Kier alpha value is -3.90. The van der Waals surface area contributed by atoms with Crippen molar-refractivity contribution in [2.24, 2.45) is 0 Å². The van der Waals surface area contributed by atoms with Crippen LogP contribution in [0.1, 0.15) is 35.0 Å². The van der Waals surface area contributed by atoms with E-state index in [-0.39, 0.29) is 6.61 Å². The minimum atomic E-state index is 0.0579. The number of halogens is 1. The van der Waals surface area contributed by atoms with Gasteiger partial charge in [-0.1, -0.05) is 77.5 Å². The molecule has 1 heterocycles. The number of benzene rings is 4. The predicted molar refractivity (Wildman–Crippen MR) is 154 cm³/mol. The molecule has 0 aliphatic carbocycles. The molecule has 38 heavy (non-hydrogen) atoms. The molecule has 5 nitrogen and oxygen atoms in total. The second-order valence-corrected chi connectivity index (χ2v) is 9.99. The van der Waals surface area contributed by atoms with Gasteiger partial charge in [-0.25, -0.2) is 4.98 Å². The molecule has 0 radical (unpaired) electrons. The van der Waals surface area contributed by atoms with Crippen molar-refractivity contribution in [3.63, 3.8) is 0 Å². The number of carbonyl (C=O) groups excluding carboxylic acids is 1. The van der Waals surface area contributed by atoms with Gasteiger partial charge in [-0.15, -0.1) is 0 Å². The van der Waals surface area contributed by atoms with Crippen molar-refractivity contribution in [3.8, 4) is 11.5 Å². The number of aldehydes is 1. The Morgan fingerprint density at radius 3 is 2.45 bits per heavy atom. The van der Waals surface area contributed by atoms with E-state index in [1.807, 2.05) is 36.4 Å². The highest BCUT2D eigenvalue weighted by molar-refractivity contribution is 9.10. The molecule has 0 spiro atoms. The van der Waals surface area contributed by atoms with Crippen LogP contribution in [-0.4, -0.2) is 22.4 Å². The van der Waals surface area contributed by atoms with Crippen molar-refractivity contribution in [2.75, 3.05) is 6.61 Å². The van der Waals surface area contributed by atoms with Crippen LogP contribution in [0, 0.1) is 0 Å². The van der Waals surface area contributed by atoms with Crippen molar-refractivity contribution in [1.29, 1.82) is 0 Å². The van der Waals surface area contributed by atoms with E-state index in [1.54, 1.807) is 0 Å². The molecule has 5 rings (SSSR count). The van der Waals surface area contributed by atoms with Gasteiger partial charge in [0, 0.05) is 16.5 Å². The molecule has 0 unspecified atom stereocenters. The predicted octanol–water partition coefficient (Wildman–Crippen LogP) is 7.16. The summed E-state index contributed by atoms with van der Waals surface area (Å²) in [6.45, 7) is 3.22. The molecule has 0 atom stereocenters. The molecule has 0 saturated heterocycles. The Bertz CT molecular complexity index is 1550. The molecule has 0 aliphatic heterocycles. The molecule has 0 bridgehead atoms. The first-order valence-corrected chi connectivity index (χ1v) is 13.5. The van der Waals surface area contributed by atoms with E-state index in [4.69, 9.17) is 14.5 Å². The van der Waals surface area contributed by atoms with Crippen LogP contribution in [0.5, 0.6) is 11.5 Å². The summed E-state index contributed by atoms with van der Waals surface area (Å²) in [4.78, 5) is 15.7. The number of rotatable bonds is 11. The van der Waals surface area contributed by atoms with E-state index in [2.05, 4.69) is 82.0 Å². The van der Waals surface area contributed by atoms with Gasteiger partial charge in [0.05, 0.1) is 17.6 Å². The molecule has 0 amide bonds. The maximum Gasteiger partial charge on any atom is 0.157 e. The number of ether oxygens (including phenoxy) is 2. The van der Waals surface area contributed by atoms with Gasteiger partial charge in [-0.3, -0.25) is 4.79 Å². The first kappa shape index (κ1) is 25.7. The van der Waals surface area contributed by atoms with Gasteiger partial charge < -0.3 is 14.0 Å². The van der Waals surface area contributed by atoms with Gasteiger partial charge in [0.25, 0.3) is 0 Å². The van der Waals surface area contributed by atoms with Crippen LogP contribution >= 0.6 is 15.9 Å². The molecular formula is C32H29BrN2O3. The van der Waals surface area contributed by atoms with Crippen LogP contribution in [0.25, 0.3) is 11.0 Å². The fourth-order valence-corrected chi connectivity index (χ4v) is 4.96. The van der Waals surface area contributed by atoms with E-state index >= 15 is 0 Å². The lowest BCUT2D eigenvalue weighted by Gasteiger charge is -2.15. The lowest BCUT2D eigenvalue weighted by Crippen LogP contribution is -2.08. The van der Waals surface area contributed by atoms with Crippen LogP contribution in [0.2, 0.25) is 0 Å². The smallest absolute Gasteiger partial charge is 0.157 e. The van der Waals surface area contributed by atoms with Gasteiger partial charge in [0.1, 0.15) is 30.5 Å². The average molecular weight is 569 g/mol. The summed E-state index contributed by atoms with van der Waals surface area (Å²) in [5.74, 6) is 2.60. The average Bonchev–Trinajstić information content (AvgIpc) is 3.27. The molecule has 0 saturated carbocycles. The molecule has 0 fully saturated rings. The maximum absolute atomic E-state index is 10.7. The maximum atomic E-state index is 10.7. The molecule has 5 aromatic rings. The third-order valence-corrected chi connectivity index (χ3v) is 7.00. The number of para-hydroxylation sites is 1. The van der Waals surface area contributed by atoms with Crippen LogP contribution < -0.4 is 9.47 Å². The highest BCUT2D eigenvalue weighted by Crippen LogP contribution is 2.28. The molecular weight excluding hydrogens is 540 g/mol. The molecule has 192 valence electrons. The first-order chi connectivity index (χ1) is 18.6. The summed E-state index contributed by atoms with van der Waals surface area (Å²) in [6.07, 6.45) is 2.32. The molecule has 0 N–H and O–H groups in total. The van der Waals surface area contributed by atoms with E-state index in [1.165, 1.54) is 5.56 Å². The number of nitrogens with zero attached hydrogens (tertiary/aromatic N) is 2. The Balaban J connectivity index is 1.41. The Labute approximate surface area is 231 Å². The van der Waals surface area contributed by atoms with Crippen LogP contribution in [0.4, 0.5) is 0 Å². The van der Waals surface area contributed by atoms with Crippen LogP contribution in [0.15, 0.2) is 95.5 Å². The Morgan fingerprint density at radius 1 is 0.842 bits per heavy atom. The largest absolute Gasteiger partial charge is 0.489 e. The zero-order valence-corrected chi connectivity index (χ0v) is 22.9. The first-order valence-electron chi connectivity index (χ1n) is 12.7. The molecule has 0 aliphatic rings. The summed E-state index contributed by atoms with van der Waals surface area (Å²) < 4.78 is 15.2. The normalized spacial score (nSPS) is 11.0. The van der Waals surface area contributed by atoms with Gasteiger partial charge in [0.15, 0.2) is 6.29 Å². The fraction of sp³-hybridized carbons (Fsp3) is 0.188. The van der Waals surface area contributed by atoms with Gasteiger partial charge in [-0.05, 0) is 59.5 Å². The van der Waals surface area contributed by atoms with Gasteiger partial charge >= 0.3 is 0 Å². The second kappa shape index (κ2) is 12.1. The van der Waals surface area contributed by atoms with E-state index in [0.29, 0.717) is 13.2 Å².